The van der Waals surface area contributed by atoms with Crippen molar-refractivity contribution in [2.75, 3.05) is 33.0 Å². The van der Waals surface area contributed by atoms with Crippen molar-refractivity contribution in [2.45, 2.75) is 31.7 Å². The molecule has 2 heterocycles. The summed E-state index contributed by atoms with van der Waals surface area (Å²) in [7, 11) is 0. The van der Waals surface area contributed by atoms with Crippen LogP contribution in [-0.4, -0.2) is 39.0 Å². The molecule has 2 aliphatic rings. The molecule has 2 fully saturated rings. The lowest BCUT2D eigenvalue weighted by atomic mass is 10.0. The van der Waals surface area contributed by atoms with Crippen LogP contribution in [0.1, 0.15) is 25.7 Å². The van der Waals surface area contributed by atoms with Crippen molar-refractivity contribution in [1.82, 2.24) is 5.32 Å². The van der Waals surface area contributed by atoms with Crippen LogP contribution < -0.4 is 5.32 Å². The Morgan fingerprint density at radius 2 is 1.79 bits per heavy atom. The van der Waals surface area contributed by atoms with E-state index in [9.17, 15) is 0 Å². The van der Waals surface area contributed by atoms with E-state index in [4.69, 9.17) is 9.47 Å². The van der Waals surface area contributed by atoms with Gasteiger partial charge < -0.3 is 14.8 Å². The summed E-state index contributed by atoms with van der Waals surface area (Å²) in [5, 5.41) is 3.59. The SMILES string of the molecule is C1COCC(CN[C@H]2CCCOC2)C1. The van der Waals surface area contributed by atoms with Gasteiger partial charge in [-0.1, -0.05) is 0 Å². The van der Waals surface area contributed by atoms with E-state index in [0.29, 0.717) is 6.04 Å². The van der Waals surface area contributed by atoms with Crippen LogP contribution in [0.15, 0.2) is 0 Å². The Morgan fingerprint density at radius 1 is 1.00 bits per heavy atom. The zero-order chi connectivity index (χ0) is 9.64. The summed E-state index contributed by atoms with van der Waals surface area (Å²) in [6, 6.07) is 0.589. The molecule has 3 nitrogen and oxygen atoms in total. The molecule has 1 N–H and O–H groups in total. The van der Waals surface area contributed by atoms with Gasteiger partial charge in [0.2, 0.25) is 0 Å². The van der Waals surface area contributed by atoms with Crippen LogP contribution in [0.2, 0.25) is 0 Å². The highest BCUT2D eigenvalue weighted by molar-refractivity contribution is 4.73. The first kappa shape index (κ1) is 10.4. The number of rotatable bonds is 3. The Morgan fingerprint density at radius 3 is 2.43 bits per heavy atom. The molecule has 0 aliphatic carbocycles. The average Bonchev–Trinajstić information content (AvgIpc) is 2.29. The summed E-state index contributed by atoms with van der Waals surface area (Å²) in [6.45, 7) is 4.86. The lowest BCUT2D eigenvalue weighted by molar-refractivity contribution is 0.0428. The molecular formula is C11H21NO2. The molecule has 0 radical (unpaired) electrons. The van der Waals surface area contributed by atoms with Crippen molar-refractivity contribution in [2.24, 2.45) is 5.92 Å². The second-order valence-corrected chi connectivity index (χ2v) is 4.41. The molecule has 2 atom stereocenters. The monoisotopic (exact) mass is 199 g/mol. The van der Waals surface area contributed by atoms with E-state index < -0.39 is 0 Å². The number of hydrogen-bond acceptors (Lipinski definition) is 3. The highest BCUT2D eigenvalue weighted by atomic mass is 16.5. The minimum absolute atomic E-state index is 0.589. The van der Waals surface area contributed by atoms with Crippen LogP contribution in [0.4, 0.5) is 0 Å². The smallest absolute Gasteiger partial charge is 0.0619 e. The van der Waals surface area contributed by atoms with Gasteiger partial charge in [0.05, 0.1) is 13.2 Å². The van der Waals surface area contributed by atoms with Gasteiger partial charge in [0.1, 0.15) is 0 Å². The Balaban J connectivity index is 1.60. The van der Waals surface area contributed by atoms with Crippen LogP contribution in [-0.2, 0) is 9.47 Å². The molecule has 0 spiro atoms. The summed E-state index contributed by atoms with van der Waals surface area (Å²) in [5.74, 6) is 0.727. The van der Waals surface area contributed by atoms with Crippen molar-refractivity contribution in [3.63, 3.8) is 0 Å². The van der Waals surface area contributed by atoms with Gasteiger partial charge in [-0.25, -0.2) is 0 Å². The summed E-state index contributed by atoms with van der Waals surface area (Å²) in [4.78, 5) is 0. The fourth-order valence-electron chi connectivity index (χ4n) is 2.20. The molecular weight excluding hydrogens is 178 g/mol. The van der Waals surface area contributed by atoms with Crippen LogP contribution in [0.25, 0.3) is 0 Å². The van der Waals surface area contributed by atoms with Gasteiger partial charge >= 0.3 is 0 Å². The molecule has 14 heavy (non-hydrogen) atoms. The van der Waals surface area contributed by atoms with Gasteiger partial charge in [0, 0.05) is 25.8 Å². The molecule has 2 rings (SSSR count). The van der Waals surface area contributed by atoms with Gasteiger partial charge in [-0.3, -0.25) is 0 Å². The van der Waals surface area contributed by atoms with Crippen LogP contribution in [0.3, 0.4) is 0 Å². The lowest BCUT2D eigenvalue weighted by Gasteiger charge is -2.27. The van der Waals surface area contributed by atoms with Gasteiger partial charge in [0.25, 0.3) is 0 Å². The fourth-order valence-corrected chi connectivity index (χ4v) is 2.20. The van der Waals surface area contributed by atoms with E-state index in [1.54, 1.807) is 0 Å². The van der Waals surface area contributed by atoms with E-state index in [-0.39, 0.29) is 0 Å². The molecule has 1 unspecified atom stereocenters. The van der Waals surface area contributed by atoms with Crippen molar-refractivity contribution in [3.05, 3.63) is 0 Å². The van der Waals surface area contributed by atoms with Gasteiger partial charge in [0.15, 0.2) is 0 Å². The first-order valence-corrected chi connectivity index (χ1v) is 5.84. The topological polar surface area (TPSA) is 30.5 Å². The van der Waals surface area contributed by atoms with E-state index in [1.165, 1.54) is 25.7 Å². The lowest BCUT2D eigenvalue weighted by Crippen LogP contribution is -2.40. The minimum atomic E-state index is 0.589. The normalized spacial score (nSPS) is 34.3. The standard InChI is InChI=1S/C11H21NO2/c1-3-10(8-13-5-1)7-12-11-4-2-6-14-9-11/h10-12H,1-9H2/t10?,11-/m0/s1. The third kappa shape index (κ3) is 3.23. The highest BCUT2D eigenvalue weighted by Crippen LogP contribution is 2.13. The summed E-state index contributed by atoms with van der Waals surface area (Å²) in [6.07, 6.45) is 5.03. The number of nitrogens with one attached hydrogen (secondary N) is 1. The molecule has 3 heteroatoms. The van der Waals surface area contributed by atoms with Crippen molar-refractivity contribution < 1.29 is 9.47 Å². The van der Waals surface area contributed by atoms with Crippen LogP contribution >= 0.6 is 0 Å². The Kier molecular flexibility index (Phi) is 4.22. The van der Waals surface area contributed by atoms with Crippen molar-refractivity contribution >= 4 is 0 Å². The minimum Gasteiger partial charge on any atom is -0.381 e. The van der Waals surface area contributed by atoms with Gasteiger partial charge in [-0.2, -0.15) is 0 Å². The first-order valence-electron chi connectivity index (χ1n) is 5.84. The maximum Gasteiger partial charge on any atom is 0.0619 e. The predicted molar refractivity (Wildman–Crippen MR) is 55.4 cm³/mol. The van der Waals surface area contributed by atoms with E-state index >= 15 is 0 Å². The largest absolute Gasteiger partial charge is 0.381 e. The molecule has 0 saturated carbocycles. The molecule has 0 aromatic carbocycles. The van der Waals surface area contributed by atoms with Crippen molar-refractivity contribution in [1.29, 1.82) is 0 Å². The first-order chi connectivity index (χ1) is 6.95. The van der Waals surface area contributed by atoms with Crippen LogP contribution in [0.5, 0.6) is 0 Å². The molecule has 0 aromatic heterocycles. The number of ether oxygens (including phenoxy) is 2. The zero-order valence-corrected chi connectivity index (χ0v) is 8.84. The second-order valence-electron chi connectivity index (χ2n) is 4.41. The molecule has 0 amide bonds. The van der Waals surface area contributed by atoms with E-state index in [2.05, 4.69) is 5.32 Å². The summed E-state index contributed by atoms with van der Waals surface area (Å²) >= 11 is 0. The van der Waals surface area contributed by atoms with E-state index in [0.717, 1.165) is 38.9 Å². The highest BCUT2D eigenvalue weighted by Gasteiger charge is 2.17. The van der Waals surface area contributed by atoms with Gasteiger partial charge in [-0.15, -0.1) is 0 Å². The molecule has 2 aliphatic heterocycles. The molecule has 0 aromatic rings. The summed E-state index contributed by atoms with van der Waals surface area (Å²) < 4.78 is 10.9. The zero-order valence-electron chi connectivity index (χ0n) is 8.84. The third-order valence-corrected chi connectivity index (χ3v) is 3.11. The predicted octanol–water partition coefficient (Wildman–Crippen LogP) is 1.18. The average molecular weight is 199 g/mol. The molecule has 82 valence electrons. The third-order valence-electron chi connectivity index (χ3n) is 3.11. The second kappa shape index (κ2) is 5.69. The summed E-state index contributed by atoms with van der Waals surface area (Å²) in [5.41, 5.74) is 0. The molecule has 0 bridgehead atoms. The van der Waals surface area contributed by atoms with Crippen molar-refractivity contribution in [3.8, 4) is 0 Å². The molecule has 2 saturated heterocycles. The van der Waals surface area contributed by atoms with E-state index in [1.807, 2.05) is 0 Å². The van der Waals surface area contributed by atoms with Crippen LogP contribution in [0, 0.1) is 5.92 Å². The quantitative estimate of drug-likeness (QED) is 0.740. The number of hydrogen-bond donors (Lipinski definition) is 1. The van der Waals surface area contributed by atoms with Gasteiger partial charge in [-0.05, 0) is 31.6 Å². The Labute approximate surface area is 86.2 Å². The fraction of sp³-hybridized carbons (Fsp3) is 1.00. The Hall–Kier alpha value is -0.120. The Bertz CT molecular complexity index is 133. The maximum atomic E-state index is 5.45. The maximum absolute atomic E-state index is 5.45.